The van der Waals surface area contributed by atoms with Crippen molar-refractivity contribution in [2.45, 2.75) is 0 Å². The molecule has 0 aliphatic carbocycles. The van der Waals surface area contributed by atoms with Crippen LogP contribution in [0.3, 0.4) is 0 Å². The Morgan fingerprint density at radius 3 is 2.50 bits per heavy atom. The number of aromatic nitrogens is 2. The number of hydrogen-bond acceptors (Lipinski definition) is 4. The molecule has 3 aromatic rings. The first-order valence-corrected chi connectivity index (χ1v) is 6.15. The molecule has 0 aliphatic rings. The first-order valence-electron chi connectivity index (χ1n) is 6.15. The fourth-order valence-corrected chi connectivity index (χ4v) is 2.07. The van der Waals surface area contributed by atoms with Crippen molar-refractivity contribution < 1.29 is 4.79 Å². The highest BCUT2D eigenvalue weighted by Gasteiger charge is 2.13. The summed E-state index contributed by atoms with van der Waals surface area (Å²) >= 11 is 0. The molecule has 5 heteroatoms. The third kappa shape index (κ3) is 2.39. The topological polar surface area (TPSA) is 97.8 Å². The summed E-state index contributed by atoms with van der Waals surface area (Å²) < 4.78 is 0. The molecule has 102 valence electrons. The summed E-state index contributed by atoms with van der Waals surface area (Å²) in [6, 6.07) is 11.1. The summed E-state index contributed by atoms with van der Waals surface area (Å²) in [5, 5.41) is 0. The zero-order valence-corrected chi connectivity index (χ0v) is 11.1. The molecule has 5 nitrogen and oxygen atoms in total. The minimum atomic E-state index is 0.536. The fourth-order valence-electron chi connectivity index (χ4n) is 2.07. The predicted molar refractivity (Wildman–Crippen MR) is 81.4 cm³/mol. The summed E-state index contributed by atoms with van der Waals surface area (Å²) in [7, 11) is 1.50. The van der Waals surface area contributed by atoms with E-state index in [2.05, 4.69) is 15.7 Å². The average molecular weight is 268 g/mol. The van der Waals surface area contributed by atoms with Crippen LogP contribution in [0.15, 0.2) is 42.6 Å². The molecule has 2 heterocycles. The molecule has 0 radical (unpaired) electrons. The van der Waals surface area contributed by atoms with Crippen molar-refractivity contribution in [1.82, 2.24) is 9.97 Å². The minimum Gasteiger partial charge on any atom is -0.399 e. The van der Waals surface area contributed by atoms with Gasteiger partial charge in [-0.25, -0.2) is 0 Å². The van der Waals surface area contributed by atoms with Crippen LogP contribution in [0, 0.1) is 0 Å². The van der Waals surface area contributed by atoms with Crippen LogP contribution in [0.2, 0.25) is 0 Å². The average Bonchev–Trinajstić information content (AvgIpc) is 2.89. The Hall–Kier alpha value is -2.66. The Morgan fingerprint density at radius 1 is 1.15 bits per heavy atom. The highest BCUT2D eigenvalue weighted by molar-refractivity contribution is 6.02. The molecule has 0 fully saturated rings. The van der Waals surface area contributed by atoms with Crippen molar-refractivity contribution >= 4 is 23.0 Å². The summed E-state index contributed by atoms with van der Waals surface area (Å²) in [6.07, 6.45) is 2.53. The van der Waals surface area contributed by atoms with Gasteiger partial charge in [0.25, 0.3) is 0 Å². The molecule has 0 spiro atoms. The van der Waals surface area contributed by atoms with Crippen LogP contribution in [-0.4, -0.2) is 23.3 Å². The molecular weight excluding hydrogens is 252 g/mol. The number of nitrogens with zero attached hydrogens (tertiary/aromatic N) is 1. The van der Waals surface area contributed by atoms with E-state index in [1.54, 1.807) is 6.20 Å². The standard InChI is InChI=1S/C14H11N3O.CH5N/c15-10-5-3-9(4-6-10)13-12(8-18)17-11-2-1-7-16-14(11)13;1-2/h1-8,17H,15H2;2H2,1H3. The first kappa shape index (κ1) is 13.8. The molecule has 0 amide bonds. The molecule has 0 unspecified atom stereocenters. The van der Waals surface area contributed by atoms with E-state index < -0.39 is 0 Å². The smallest absolute Gasteiger partial charge is 0.166 e. The van der Waals surface area contributed by atoms with Gasteiger partial charge in [-0.1, -0.05) is 12.1 Å². The number of pyridine rings is 1. The number of hydrogen-bond donors (Lipinski definition) is 3. The van der Waals surface area contributed by atoms with E-state index >= 15 is 0 Å². The van der Waals surface area contributed by atoms with E-state index in [9.17, 15) is 4.79 Å². The van der Waals surface area contributed by atoms with E-state index in [-0.39, 0.29) is 0 Å². The molecule has 0 atom stereocenters. The number of rotatable bonds is 2. The maximum Gasteiger partial charge on any atom is 0.166 e. The lowest BCUT2D eigenvalue weighted by Gasteiger charge is -2.01. The second-order valence-electron chi connectivity index (χ2n) is 4.05. The summed E-state index contributed by atoms with van der Waals surface area (Å²) in [5.41, 5.74) is 14.8. The number of fused-ring (bicyclic) bond motifs is 1. The van der Waals surface area contributed by atoms with Crippen LogP contribution < -0.4 is 11.5 Å². The van der Waals surface area contributed by atoms with Gasteiger partial charge in [-0.3, -0.25) is 9.78 Å². The van der Waals surface area contributed by atoms with E-state index in [1.807, 2.05) is 36.4 Å². The van der Waals surface area contributed by atoms with Crippen molar-refractivity contribution in [3.63, 3.8) is 0 Å². The van der Waals surface area contributed by atoms with Gasteiger partial charge in [-0.05, 0) is 36.9 Å². The Labute approximate surface area is 116 Å². The lowest BCUT2D eigenvalue weighted by molar-refractivity contribution is 0.112. The maximum absolute atomic E-state index is 11.2. The third-order valence-electron chi connectivity index (χ3n) is 2.90. The summed E-state index contributed by atoms with van der Waals surface area (Å²) in [6.45, 7) is 0. The minimum absolute atomic E-state index is 0.536. The molecule has 5 N–H and O–H groups in total. The Morgan fingerprint density at radius 2 is 1.85 bits per heavy atom. The number of carbonyl (C=O) groups excluding carboxylic acids is 1. The van der Waals surface area contributed by atoms with Gasteiger partial charge in [0, 0.05) is 17.4 Å². The van der Waals surface area contributed by atoms with Gasteiger partial charge in [0.05, 0.1) is 16.7 Å². The molecule has 20 heavy (non-hydrogen) atoms. The third-order valence-corrected chi connectivity index (χ3v) is 2.90. The van der Waals surface area contributed by atoms with Gasteiger partial charge < -0.3 is 16.5 Å². The number of benzene rings is 1. The number of H-pyrrole nitrogens is 1. The second kappa shape index (κ2) is 5.99. The number of aromatic amines is 1. The van der Waals surface area contributed by atoms with Crippen molar-refractivity contribution in [2.24, 2.45) is 5.73 Å². The number of anilines is 1. The largest absolute Gasteiger partial charge is 0.399 e. The molecule has 0 saturated heterocycles. The van der Waals surface area contributed by atoms with Crippen molar-refractivity contribution in [1.29, 1.82) is 0 Å². The van der Waals surface area contributed by atoms with Crippen LogP contribution in [0.25, 0.3) is 22.2 Å². The van der Waals surface area contributed by atoms with Gasteiger partial charge in [0.2, 0.25) is 0 Å². The lowest BCUT2D eigenvalue weighted by Crippen LogP contribution is -1.87. The lowest BCUT2D eigenvalue weighted by atomic mass is 10.0. The van der Waals surface area contributed by atoms with Gasteiger partial charge in [0.1, 0.15) is 0 Å². The summed E-state index contributed by atoms with van der Waals surface area (Å²) in [4.78, 5) is 18.5. The van der Waals surface area contributed by atoms with Gasteiger partial charge in [-0.2, -0.15) is 0 Å². The van der Waals surface area contributed by atoms with E-state index in [4.69, 9.17) is 5.73 Å². The van der Waals surface area contributed by atoms with Gasteiger partial charge >= 0.3 is 0 Å². The fraction of sp³-hybridized carbons (Fsp3) is 0.0667. The normalized spacial score (nSPS) is 9.90. The maximum atomic E-state index is 11.2. The number of nitrogens with one attached hydrogen (secondary N) is 1. The molecule has 0 saturated carbocycles. The van der Waals surface area contributed by atoms with Crippen molar-refractivity contribution in [2.75, 3.05) is 12.8 Å². The first-order chi connectivity index (χ1) is 9.79. The number of carbonyl (C=O) groups is 1. The Bertz CT molecular complexity index is 716. The van der Waals surface area contributed by atoms with E-state index in [0.717, 1.165) is 28.4 Å². The molecule has 0 bridgehead atoms. The second-order valence-corrected chi connectivity index (χ2v) is 4.05. The molecule has 1 aromatic carbocycles. The summed E-state index contributed by atoms with van der Waals surface area (Å²) in [5.74, 6) is 0. The van der Waals surface area contributed by atoms with Crippen LogP contribution in [0.1, 0.15) is 10.5 Å². The molecule has 3 rings (SSSR count). The van der Waals surface area contributed by atoms with Crippen LogP contribution in [0.4, 0.5) is 5.69 Å². The predicted octanol–water partition coefficient (Wildman–Crippen LogP) is 2.20. The van der Waals surface area contributed by atoms with Gasteiger partial charge in [0.15, 0.2) is 6.29 Å². The van der Waals surface area contributed by atoms with Gasteiger partial charge in [-0.15, -0.1) is 0 Å². The highest BCUT2D eigenvalue weighted by Crippen LogP contribution is 2.30. The van der Waals surface area contributed by atoms with E-state index in [1.165, 1.54) is 7.05 Å². The highest BCUT2D eigenvalue weighted by atomic mass is 16.1. The molecule has 2 aromatic heterocycles. The van der Waals surface area contributed by atoms with Crippen molar-refractivity contribution in [3.05, 3.63) is 48.3 Å². The zero-order valence-electron chi connectivity index (χ0n) is 11.1. The van der Waals surface area contributed by atoms with E-state index in [0.29, 0.717) is 11.4 Å². The Kier molecular flexibility index (Phi) is 4.12. The SMILES string of the molecule is CN.Nc1ccc(-c2c(C=O)[nH]c3cccnc23)cc1. The van der Waals surface area contributed by atoms with Crippen LogP contribution >= 0.6 is 0 Å². The number of aldehydes is 1. The zero-order chi connectivity index (χ0) is 14.5. The number of nitrogen functional groups attached to an aromatic ring is 1. The molecule has 0 aliphatic heterocycles. The molecular formula is C15H16N4O. The van der Waals surface area contributed by atoms with Crippen molar-refractivity contribution in [3.8, 4) is 11.1 Å². The Balaban J connectivity index is 0.000000704. The van der Waals surface area contributed by atoms with Crippen LogP contribution in [0.5, 0.6) is 0 Å². The quantitative estimate of drug-likeness (QED) is 0.490. The monoisotopic (exact) mass is 268 g/mol. The number of nitrogens with two attached hydrogens (primary N) is 2. The van der Waals surface area contributed by atoms with Crippen LogP contribution in [-0.2, 0) is 0 Å².